The standard InChI is InChI=1S/C15H17FN2O3S2/c1-11-5-6-12(8-13(11)16)9-17-14(19)10-18(2)23(20,21)15-4-3-7-22-15/h3-8H,9-10H2,1-2H3,(H,17,19). The number of carbonyl (C=O) groups is 1. The predicted octanol–water partition coefficient (Wildman–Crippen LogP) is 2.13. The van der Waals surface area contributed by atoms with Gasteiger partial charge < -0.3 is 5.32 Å². The summed E-state index contributed by atoms with van der Waals surface area (Å²) >= 11 is 1.10. The molecule has 1 heterocycles. The summed E-state index contributed by atoms with van der Waals surface area (Å²) in [6.45, 7) is 1.50. The Labute approximate surface area is 138 Å². The summed E-state index contributed by atoms with van der Waals surface area (Å²) in [4.78, 5) is 11.9. The minimum atomic E-state index is -3.65. The largest absolute Gasteiger partial charge is 0.351 e. The minimum absolute atomic E-state index is 0.142. The van der Waals surface area contributed by atoms with Crippen molar-refractivity contribution in [3.05, 3.63) is 52.7 Å². The van der Waals surface area contributed by atoms with Gasteiger partial charge in [0.15, 0.2) is 0 Å². The molecule has 0 radical (unpaired) electrons. The van der Waals surface area contributed by atoms with Crippen LogP contribution in [0.25, 0.3) is 0 Å². The molecule has 0 aliphatic carbocycles. The van der Waals surface area contributed by atoms with Crippen molar-refractivity contribution in [2.45, 2.75) is 17.7 Å². The minimum Gasteiger partial charge on any atom is -0.351 e. The maximum absolute atomic E-state index is 13.4. The van der Waals surface area contributed by atoms with E-state index in [1.807, 2.05) is 0 Å². The van der Waals surface area contributed by atoms with Crippen molar-refractivity contribution in [1.29, 1.82) is 0 Å². The molecule has 0 atom stereocenters. The number of nitrogens with zero attached hydrogens (tertiary/aromatic N) is 1. The zero-order valence-corrected chi connectivity index (χ0v) is 14.4. The second-order valence-electron chi connectivity index (χ2n) is 5.05. The monoisotopic (exact) mass is 356 g/mol. The summed E-state index contributed by atoms with van der Waals surface area (Å²) in [5.74, 6) is -0.789. The molecule has 0 saturated carbocycles. The van der Waals surface area contributed by atoms with Crippen molar-refractivity contribution in [2.75, 3.05) is 13.6 Å². The van der Waals surface area contributed by atoms with Crippen molar-refractivity contribution in [2.24, 2.45) is 0 Å². The van der Waals surface area contributed by atoms with Gasteiger partial charge in [-0.2, -0.15) is 4.31 Å². The van der Waals surface area contributed by atoms with E-state index in [0.717, 1.165) is 15.6 Å². The third-order valence-electron chi connectivity index (χ3n) is 3.25. The molecule has 1 N–H and O–H groups in total. The summed E-state index contributed by atoms with van der Waals surface area (Å²) in [6, 6.07) is 7.82. The van der Waals surface area contributed by atoms with E-state index in [0.29, 0.717) is 11.1 Å². The van der Waals surface area contributed by atoms with Gasteiger partial charge in [-0.3, -0.25) is 4.79 Å². The molecule has 1 aromatic carbocycles. The fraction of sp³-hybridized carbons (Fsp3) is 0.267. The zero-order valence-electron chi connectivity index (χ0n) is 12.7. The lowest BCUT2D eigenvalue weighted by atomic mass is 10.1. The van der Waals surface area contributed by atoms with Gasteiger partial charge in [0.2, 0.25) is 5.91 Å². The Hall–Kier alpha value is -1.77. The molecule has 23 heavy (non-hydrogen) atoms. The highest BCUT2D eigenvalue weighted by molar-refractivity contribution is 7.91. The Balaban J connectivity index is 1.93. The molecule has 0 aliphatic heterocycles. The fourth-order valence-electron chi connectivity index (χ4n) is 1.85. The predicted molar refractivity (Wildman–Crippen MR) is 87.1 cm³/mol. The molecule has 5 nitrogen and oxygen atoms in total. The Morgan fingerprint density at radius 1 is 1.35 bits per heavy atom. The number of carbonyl (C=O) groups excluding carboxylic acids is 1. The van der Waals surface area contributed by atoms with Gasteiger partial charge in [0, 0.05) is 13.6 Å². The highest BCUT2D eigenvalue weighted by atomic mass is 32.2. The first kappa shape index (κ1) is 17.6. The van der Waals surface area contributed by atoms with E-state index in [2.05, 4.69) is 5.32 Å². The van der Waals surface area contributed by atoms with Crippen LogP contribution in [0.15, 0.2) is 39.9 Å². The van der Waals surface area contributed by atoms with E-state index >= 15 is 0 Å². The van der Waals surface area contributed by atoms with E-state index in [1.54, 1.807) is 30.5 Å². The number of rotatable bonds is 6. The normalized spacial score (nSPS) is 11.7. The number of hydrogen-bond acceptors (Lipinski definition) is 4. The van der Waals surface area contributed by atoms with Crippen molar-refractivity contribution < 1.29 is 17.6 Å². The maximum atomic E-state index is 13.4. The Morgan fingerprint density at radius 2 is 2.09 bits per heavy atom. The van der Waals surface area contributed by atoms with Crippen LogP contribution in [0.3, 0.4) is 0 Å². The lowest BCUT2D eigenvalue weighted by Crippen LogP contribution is -2.37. The van der Waals surface area contributed by atoms with Crippen LogP contribution in [0.5, 0.6) is 0 Å². The summed E-state index contributed by atoms with van der Waals surface area (Å²) in [7, 11) is -2.31. The number of amides is 1. The van der Waals surface area contributed by atoms with E-state index in [4.69, 9.17) is 0 Å². The number of likely N-dealkylation sites (N-methyl/N-ethyl adjacent to an activating group) is 1. The van der Waals surface area contributed by atoms with Crippen molar-refractivity contribution in [3.8, 4) is 0 Å². The van der Waals surface area contributed by atoms with Crippen LogP contribution in [-0.4, -0.2) is 32.2 Å². The van der Waals surface area contributed by atoms with E-state index in [1.165, 1.54) is 19.2 Å². The summed E-state index contributed by atoms with van der Waals surface area (Å²) in [6.07, 6.45) is 0. The SMILES string of the molecule is Cc1ccc(CNC(=O)CN(C)S(=O)(=O)c2cccs2)cc1F. The highest BCUT2D eigenvalue weighted by Gasteiger charge is 2.23. The van der Waals surface area contributed by atoms with Crippen LogP contribution >= 0.6 is 11.3 Å². The molecule has 2 aromatic rings. The van der Waals surface area contributed by atoms with Crippen LogP contribution in [0.2, 0.25) is 0 Å². The summed E-state index contributed by atoms with van der Waals surface area (Å²) < 4.78 is 39.0. The molecule has 0 saturated heterocycles. The molecule has 0 bridgehead atoms. The topological polar surface area (TPSA) is 66.5 Å². The van der Waals surface area contributed by atoms with Crippen LogP contribution in [0, 0.1) is 12.7 Å². The van der Waals surface area contributed by atoms with Crippen LogP contribution in [0.1, 0.15) is 11.1 Å². The molecule has 0 fully saturated rings. The van der Waals surface area contributed by atoms with Crippen molar-refractivity contribution in [1.82, 2.24) is 9.62 Å². The fourth-order valence-corrected chi connectivity index (χ4v) is 4.18. The first-order valence-electron chi connectivity index (χ1n) is 6.82. The Bertz CT molecular complexity index is 789. The van der Waals surface area contributed by atoms with E-state index in [-0.39, 0.29) is 23.1 Å². The zero-order chi connectivity index (χ0) is 17.0. The summed E-state index contributed by atoms with van der Waals surface area (Å²) in [5.41, 5.74) is 1.15. The van der Waals surface area contributed by atoms with Crippen LogP contribution < -0.4 is 5.32 Å². The van der Waals surface area contributed by atoms with Gasteiger partial charge in [-0.05, 0) is 35.6 Å². The number of sulfonamides is 1. The van der Waals surface area contributed by atoms with Gasteiger partial charge in [0.25, 0.3) is 10.0 Å². The molecule has 124 valence electrons. The lowest BCUT2D eigenvalue weighted by molar-refractivity contribution is -0.121. The lowest BCUT2D eigenvalue weighted by Gasteiger charge is -2.15. The average Bonchev–Trinajstić information content (AvgIpc) is 3.03. The van der Waals surface area contributed by atoms with E-state index in [9.17, 15) is 17.6 Å². The molecule has 0 unspecified atom stereocenters. The average molecular weight is 356 g/mol. The molecular formula is C15H17FN2O3S2. The second-order valence-corrected chi connectivity index (χ2v) is 8.27. The number of halogens is 1. The van der Waals surface area contributed by atoms with Crippen LogP contribution in [0.4, 0.5) is 4.39 Å². The molecule has 2 rings (SSSR count). The van der Waals surface area contributed by atoms with E-state index < -0.39 is 15.9 Å². The number of nitrogens with one attached hydrogen (secondary N) is 1. The Kier molecular flexibility index (Phi) is 5.51. The molecule has 0 spiro atoms. The van der Waals surface area contributed by atoms with Gasteiger partial charge in [-0.1, -0.05) is 18.2 Å². The van der Waals surface area contributed by atoms with Gasteiger partial charge in [-0.25, -0.2) is 12.8 Å². The molecular weight excluding hydrogens is 339 g/mol. The molecule has 1 aromatic heterocycles. The first-order chi connectivity index (χ1) is 10.8. The number of thiophene rings is 1. The Morgan fingerprint density at radius 3 is 2.70 bits per heavy atom. The van der Waals surface area contributed by atoms with Crippen molar-refractivity contribution >= 4 is 27.3 Å². The molecule has 0 aliphatic rings. The quantitative estimate of drug-likeness (QED) is 0.862. The second kappa shape index (κ2) is 7.20. The van der Waals surface area contributed by atoms with Crippen molar-refractivity contribution in [3.63, 3.8) is 0 Å². The summed E-state index contributed by atoms with van der Waals surface area (Å²) in [5, 5.41) is 4.25. The maximum Gasteiger partial charge on any atom is 0.252 e. The highest BCUT2D eigenvalue weighted by Crippen LogP contribution is 2.19. The first-order valence-corrected chi connectivity index (χ1v) is 9.14. The smallest absolute Gasteiger partial charge is 0.252 e. The number of benzene rings is 1. The van der Waals surface area contributed by atoms with Gasteiger partial charge in [0.05, 0.1) is 6.54 Å². The third kappa shape index (κ3) is 4.37. The van der Waals surface area contributed by atoms with Crippen LogP contribution in [-0.2, 0) is 21.4 Å². The van der Waals surface area contributed by atoms with Gasteiger partial charge in [0.1, 0.15) is 10.0 Å². The molecule has 8 heteroatoms. The third-order valence-corrected chi connectivity index (χ3v) is 6.43. The van der Waals surface area contributed by atoms with Gasteiger partial charge in [-0.15, -0.1) is 11.3 Å². The van der Waals surface area contributed by atoms with Gasteiger partial charge >= 0.3 is 0 Å². The number of aryl methyl sites for hydroxylation is 1. The molecule has 1 amide bonds. The number of hydrogen-bond donors (Lipinski definition) is 1.